The van der Waals surface area contributed by atoms with Gasteiger partial charge < -0.3 is 19.9 Å². The summed E-state index contributed by atoms with van der Waals surface area (Å²) in [6, 6.07) is 6.71. The Labute approximate surface area is 190 Å². The van der Waals surface area contributed by atoms with E-state index in [9.17, 15) is 23.6 Å². The number of pyridine rings is 1. The van der Waals surface area contributed by atoms with Gasteiger partial charge >= 0.3 is 5.97 Å². The molecule has 2 atom stereocenters. The number of nitrogens with one attached hydrogen (secondary N) is 1. The van der Waals surface area contributed by atoms with Gasteiger partial charge in [-0.3, -0.25) is 19.4 Å². The van der Waals surface area contributed by atoms with Crippen LogP contribution in [0.1, 0.15) is 22.8 Å². The van der Waals surface area contributed by atoms with Crippen LogP contribution < -0.4 is 5.32 Å². The number of aromatic nitrogens is 1. The molecule has 3 rings (SSSR count). The van der Waals surface area contributed by atoms with Gasteiger partial charge in [0, 0.05) is 44.4 Å². The summed E-state index contributed by atoms with van der Waals surface area (Å²) in [6.45, 7) is 1.55. The zero-order valence-corrected chi connectivity index (χ0v) is 18.4. The van der Waals surface area contributed by atoms with Crippen molar-refractivity contribution in [3.8, 4) is 0 Å². The van der Waals surface area contributed by atoms with E-state index in [4.69, 9.17) is 4.74 Å². The molecule has 1 saturated heterocycles. The zero-order valence-electron chi connectivity index (χ0n) is 18.4. The number of hydrogen-bond acceptors (Lipinski definition) is 6. The van der Waals surface area contributed by atoms with Crippen molar-refractivity contribution in [3.63, 3.8) is 0 Å². The Morgan fingerprint density at radius 1 is 1.21 bits per heavy atom. The number of esters is 1. The fourth-order valence-electron chi connectivity index (χ4n) is 3.73. The van der Waals surface area contributed by atoms with Gasteiger partial charge in [0.05, 0.1) is 13.7 Å². The predicted octanol–water partition coefficient (Wildman–Crippen LogP) is 0.794. The van der Waals surface area contributed by atoms with Crippen molar-refractivity contribution in [3.05, 3.63) is 65.7 Å². The lowest BCUT2D eigenvalue weighted by Crippen LogP contribution is -2.62. The van der Waals surface area contributed by atoms with Crippen molar-refractivity contribution >= 4 is 23.7 Å². The van der Waals surface area contributed by atoms with E-state index in [1.165, 1.54) is 42.0 Å². The number of nitrogens with zero attached hydrogens (tertiary/aromatic N) is 3. The summed E-state index contributed by atoms with van der Waals surface area (Å²) >= 11 is 0. The minimum absolute atomic E-state index is 0.0957. The summed E-state index contributed by atoms with van der Waals surface area (Å²) in [6.07, 6.45) is 3.31. The summed E-state index contributed by atoms with van der Waals surface area (Å²) in [4.78, 5) is 57.2. The van der Waals surface area contributed by atoms with Crippen molar-refractivity contribution in [1.82, 2.24) is 20.1 Å². The molecule has 0 spiro atoms. The number of rotatable bonds is 6. The third-order valence-corrected chi connectivity index (χ3v) is 5.41. The molecule has 2 unspecified atom stereocenters. The van der Waals surface area contributed by atoms with Crippen LogP contribution in [0.3, 0.4) is 0 Å². The van der Waals surface area contributed by atoms with Gasteiger partial charge in [0.1, 0.15) is 17.9 Å². The van der Waals surface area contributed by atoms with Crippen LogP contribution in [0.25, 0.3) is 0 Å². The van der Waals surface area contributed by atoms with Gasteiger partial charge in [0.15, 0.2) is 0 Å². The van der Waals surface area contributed by atoms with Gasteiger partial charge in [0.2, 0.25) is 11.8 Å². The molecule has 2 heterocycles. The molecule has 1 N–H and O–H groups in total. The van der Waals surface area contributed by atoms with Crippen LogP contribution in [-0.2, 0) is 25.5 Å². The third kappa shape index (κ3) is 5.91. The van der Waals surface area contributed by atoms with Crippen LogP contribution in [0.15, 0.2) is 48.8 Å². The Bertz CT molecular complexity index is 1030. The van der Waals surface area contributed by atoms with Gasteiger partial charge in [-0.05, 0) is 29.8 Å². The highest BCUT2D eigenvalue weighted by molar-refractivity contribution is 5.96. The molecule has 0 aliphatic carbocycles. The number of carbonyl (C=O) groups excluding carboxylic acids is 4. The topological polar surface area (TPSA) is 109 Å². The number of benzene rings is 1. The van der Waals surface area contributed by atoms with E-state index < -0.39 is 35.7 Å². The van der Waals surface area contributed by atoms with Gasteiger partial charge in [-0.2, -0.15) is 0 Å². The Hall–Kier alpha value is -3.82. The summed E-state index contributed by atoms with van der Waals surface area (Å²) in [5, 5.41) is 2.65. The quantitative estimate of drug-likeness (QED) is 0.644. The largest absolute Gasteiger partial charge is 0.467 e. The number of carbonyl (C=O) groups is 4. The number of hydrogen-bond donors (Lipinski definition) is 1. The van der Waals surface area contributed by atoms with Crippen LogP contribution in [-0.4, -0.2) is 77.3 Å². The molecular formula is C23H25FN4O5. The Kier molecular flexibility index (Phi) is 7.70. The average Bonchev–Trinajstić information content (AvgIpc) is 2.82. The maximum Gasteiger partial charge on any atom is 0.328 e. The van der Waals surface area contributed by atoms with Crippen molar-refractivity contribution < 1.29 is 28.3 Å². The maximum atomic E-state index is 13.6. The second-order valence-corrected chi connectivity index (χ2v) is 7.64. The number of methoxy groups -OCH3 is 1. The first-order valence-corrected chi connectivity index (χ1v) is 10.4. The number of halogens is 1. The highest BCUT2D eigenvalue weighted by Crippen LogP contribution is 2.16. The van der Waals surface area contributed by atoms with Crippen LogP contribution in [0, 0.1) is 5.82 Å². The molecule has 1 aromatic heterocycles. The first kappa shape index (κ1) is 23.8. The first-order chi connectivity index (χ1) is 15.8. The molecule has 3 amide bonds. The summed E-state index contributed by atoms with van der Waals surface area (Å²) in [5.41, 5.74) is 0.859. The normalized spacial score (nSPS) is 16.6. The number of piperazine rings is 1. The van der Waals surface area contributed by atoms with Crippen molar-refractivity contribution in [2.45, 2.75) is 25.4 Å². The molecule has 10 heteroatoms. The molecule has 1 aromatic carbocycles. The fourth-order valence-corrected chi connectivity index (χ4v) is 3.73. The fraction of sp³-hybridized carbons (Fsp3) is 0.348. The van der Waals surface area contributed by atoms with Gasteiger partial charge in [-0.1, -0.05) is 12.1 Å². The molecule has 33 heavy (non-hydrogen) atoms. The van der Waals surface area contributed by atoms with E-state index in [2.05, 4.69) is 10.3 Å². The zero-order chi connectivity index (χ0) is 24.0. The van der Waals surface area contributed by atoms with Crippen LogP contribution in [0.5, 0.6) is 0 Å². The first-order valence-electron chi connectivity index (χ1n) is 10.4. The van der Waals surface area contributed by atoms with Crippen LogP contribution >= 0.6 is 0 Å². The standard InChI is InChI=1S/C23H25FN4O5/c1-15(29)28-10-9-27(22(31)17-6-3-7-18(24)12-17)14-20(28)21(30)26-19(23(32)33-2)11-16-5-4-8-25-13-16/h3-8,12-13,19-20H,9-11,14H2,1-2H3,(H,26,30). The monoisotopic (exact) mass is 456 g/mol. The lowest BCUT2D eigenvalue weighted by Gasteiger charge is -2.40. The molecule has 174 valence electrons. The smallest absolute Gasteiger partial charge is 0.328 e. The highest BCUT2D eigenvalue weighted by Gasteiger charge is 2.37. The molecule has 1 aliphatic rings. The van der Waals surface area contributed by atoms with E-state index in [1.54, 1.807) is 24.5 Å². The Morgan fingerprint density at radius 3 is 2.64 bits per heavy atom. The maximum absolute atomic E-state index is 13.6. The number of ether oxygens (including phenoxy) is 1. The van der Waals surface area contributed by atoms with Crippen molar-refractivity contribution in [2.24, 2.45) is 0 Å². The molecular weight excluding hydrogens is 431 g/mol. The van der Waals surface area contributed by atoms with Gasteiger partial charge in [-0.15, -0.1) is 0 Å². The van der Waals surface area contributed by atoms with Gasteiger partial charge in [-0.25, -0.2) is 9.18 Å². The second kappa shape index (κ2) is 10.7. The van der Waals surface area contributed by atoms with Crippen LogP contribution in [0.4, 0.5) is 4.39 Å². The Balaban J connectivity index is 1.78. The summed E-state index contributed by atoms with van der Waals surface area (Å²) < 4.78 is 18.4. The van der Waals surface area contributed by atoms with E-state index in [0.29, 0.717) is 5.56 Å². The van der Waals surface area contributed by atoms with Gasteiger partial charge in [0.25, 0.3) is 5.91 Å². The molecule has 2 aromatic rings. The minimum atomic E-state index is -1.02. The molecule has 9 nitrogen and oxygen atoms in total. The minimum Gasteiger partial charge on any atom is -0.467 e. The van der Waals surface area contributed by atoms with Crippen molar-refractivity contribution in [1.29, 1.82) is 0 Å². The SMILES string of the molecule is COC(=O)C(Cc1cccnc1)NC(=O)C1CN(C(=O)c2cccc(F)c2)CCN1C(C)=O. The van der Waals surface area contributed by atoms with E-state index in [1.807, 2.05) is 0 Å². The Morgan fingerprint density at radius 2 is 2.00 bits per heavy atom. The summed E-state index contributed by atoms with van der Waals surface area (Å²) in [5.74, 6) is -2.58. The molecule has 1 fully saturated rings. The lowest BCUT2D eigenvalue weighted by molar-refractivity contribution is -0.147. The highest BCUT2D eigenvalue weighted by atomic mass is 19.1. The predicted molar refractivity (Wildman–Crippen MR) is 115 cm³/mol. The molecule has 0 bridgehead atoms. The van der Waals surface area contributed by atoms with E-state index in [0.717, 1.165) is 6.07 Å². The van der Waals surface area contributed by atoms with E-state index >= 15 is 0 Å². The molecule has 0 saturated carbocycles. The lowest BCUT2D eigenvalue weighted by atomic mass is 10.1. The van der Waals surface area contributed by atoms with Crippen LogP contribution in [0.2, 0.25) is 0 Å². The summed E-state index contributed by atoms with van der Waals surface area (Å²) in [7, 11) is 1.21. The van der Waals surface area contributed by atoms with E-state index in [-0.39, 0.29) is 37.5 Å². The second-order valence-electron chi connectivity index (χ2n) is 7.64. The third-order valence-electron chi connectivity index (χ3n) is 5.41. The molecule has 1 aliphatic heterocycles. The molecule has 0 radical (unpaired) electrons. The van der Waals surface area contributed by atoms with Crippen molar-refractivity contribution in [2.75, 3.05) is 26.7 Å². The number of amides is 3. The average molecular weight is 456 g/mol.